The first-order valence-electron chi connectivity index (χ1n) is 11.3. The molecule has 3 heterocycles. The maximum atomic E-state index is 12.9. The van der Waals surface area contributed by atoms with Gasteiger partial charge in [0.05, 0.1) is 18.2 Å². The van der Waals surface area contributed by atoms with Crippen LogP contribution in [0.2, 0.25) is 0 Å². The molecule has 1 aromatic carbocycles. The summed E-state index contributed by atoms with van der Waals surface area (Å²) < 4.78 is 11.1. The van der Waals surface area contributed by atoms with Crippen LogP contribution in [-0.4, -0.2) is 58.6 Å². The molecule has 1 unspecified atom stereocenters. The van der Waals surface area contributed by atoms with Crippen molar-refractivity contribution in [1.29, 1.82) is 0 Å². The molecule has 2 aliphatic rings. The van der Waals surface area contributed by atoms with E-state index in [1.54, 1.807) is 0 Å². The maximum absolute atomic E-state index is 12.9. The van der Waals surface area contributed by atoms with Crippen molar-refractivity contribution in [2.75, 3.05) is 19.7 Å². The van der Waals surface area contributed by atoms with E-state index in [0.29, 0.717) is 37.0 Å². The van der Waals surface area contributed by atoms with Gasteiger partial charge in [0.15, 0.2) is 0 Å². The first kappa shape index (κ1) is 21.4. The number of likely N-dealkylation sites (tertiary alicyclic amines) is 1. The number of benzene rings is 1. The van der Waals surface area contributed by atoms with Crippen LogP contribution in [0, 0.1) is 6.92 Å². The summed E-state index contributed by atoms with van der Waals surface area (Å²) in [6, 6.07) is 10.0. The lowest BCUT2D eigenvalue weighted by Crippen LogP contribution is -2.50. The number of cyclic esters (lactones) is 1. The van der Waals surface area contributed by atoms with Crippen molar-refractivity contribution < 1.29 is 18.7 Å². The molecule has 0 saturated carbocycles. The summed E-state index contributed by atoms with van der Waals surface area (Å²) in [7, 11) is 0. The molecule has 0 bridgehead atoms. The molecule has 166 valence electrons. The fraction of sp³-hybridized carbons (Fsp3) is 0.542. The number of hydrogen-bond donors (Lipinski definition) is 0. The van der Waals surface area contributed by atoms with Gasteiger partial charge in [-0.15, -0.1) is 0 Å². The predicted octanol–water partition coefficient (Wildman–Crippen LogP) is 4.19. The average Bonchev–Trinajstić information content (AvgIpc) is 3.35. The molecule has 2 amide bonds. The van der Waals surface area contributed by atoms with Gasteiger partial charge in [-0.2, -0.15) is 0 Å². The highest BCUT2D eigenvalue weighted by Crippen LogP contribution is 2.27. The van der Waals surface area contributed by atoms with E-state index in [4.69, 9.17) is 9.15 Å². The zero-order valence-electron chi connectivity index (χ0n) is 18.4. The van der Waals surface area contributed by atoms with Gasteiger partial charge in [0.2, 0.25) is 11.8 Å². The standard InChI is InChI=1S/C24H31N3O4/c1-3-4-10-20-16-30-24(29)27(20)19-11-13-26(14-12-19)22(28)15-21-17(2)31-23(25-21)18-8-6-5-7-9-18/h5-9,19-20H,3-4,10-16H2,1-2H3. The van der Waals surface area contributed by atoms with Gasteiger partial charge in [-0.3, -0.25) is 9.69 Å². The third-order valence-electron chi connectivity index (χ3n) is 6.34. The molecule has 0 radical (unpaired) electrons. The molecule has 1 atom stereocenters. The lowest BCUT2D eigenvalue weighted by Gasteiger charge is -2.37. The smallest absolute Gasteiger partial charge is 0.410 e. The van der Waals surface area contributed by atoms with Gasteiger partial charge in [0.25, 0.3) is 0 Å². The van der Waals surface area contributed by atoms with Gasteiger partial charge in [0, 0.05) is 24.7 Å². The lowest BCUT2D eigenvalue weighted by atomic mass is 10.00. The molecule has 7 heteroatoms. The zero-order valence-corrected chi connectivity index (χ0v) is 18.4. The second-order valence-electron chi connectivity index (χ2n) is 8.46. The van der Waals surface area contributed by atoms with Crippen molar-refractivity contribution in [1.82, 2.24) is 14.8 Å². The van der Waals surface area contributed by atoms with Crippen LogP contribution >= 0.6 is 0 Å². The van der Waals surface area contributed by atoms with E-state index in [0.717, 1.165) is 37.7 Å². The van der Waals surface area contributed by atoms with Crippen LogP contribution in [0.4, 0.5) is 4.79 Å². The molecule has 1 aromatic heterocycles. The Kier molecular flexibility index (Phi) is 6.59. The Morgan fingerprint density at radius 1 is 1.19 bits per heavy atom. The quantitative estimate of drug-likeness (QED) is 0.665. The molecule has 0 aliphatic carbocycles. The highest BCUT2D eigenvalue weighted by molar-refractivity contribution is 5.79. The monoisotopic (exact) mass is 425 g/mol. The molecular formula is C24H31N3O4. The number of hydrogen-bond acceptors (Lipinski definition) is 5. The van der Waals surface area contributed by atoms with Crippen LogP contribution in [-0.2, 0) is 16.0 Å². The van der Waals surface area contributed by atoms with E-state index in [1.165, 1.54) is 0 Å². The van der Waals surface area contributed by atoms with Gasteiger partial charge in [0.1, 0.15) is 12.4 Å². The minimum absolute atomic E-state index is 0.0565. The number of unbranched alkanes of at least 4 members (excludes halogenated alkanes) is 1. The Hall–Kier alpha value is -2.83. The van der Waals surface area contributed by atoms with Crippen molar-refractivity contribution in [2.24, 2.45) is 0 Å². The number of ether oxygens (including phenoxy) is 1. The second kappa shape index (κ2) is 9.54. The van der Waals surface area contributed by atoms with Gasteiger partial charge in [-0.1, -0.05) is 38.0 Å². The van der Waals surface area contributed by atoms with Crippen LogP contribution in [0.5, 0.6) is 0 Å². The van der Waals surface area contributed by atoms with Crippen molar-refractivity contribution in [2.45, 2.75) is 64.5 Å². The number of aryl methyl sites for hydroxylation is 1. The minimum Gasteiger partial charge on any atom is -0.447 e. The molecule has 4 rings (SSSR count). The molecule has 31 heavy (non-hydrogen) atoms. The van der Waals surface area contributed by atoms with Crippen molar-refractivity contribution in [3.8, 4) is 11.5 Å². The number of amides is 2. The van der Waals surface area contributed by atoms with Crippen molar-refractivity contribution in [3.63, 3.8) is 0 Å². The molecule has 2 saturated heterocycles. The van der Waals surface area contributed by atoms with Gasteiger partial charge >= 0.3 is 6.09 Å². The number of nitrogens with zero attached hydrogens (tertiary/aromatic N) is 3. The number of carbonyl (C=O) groups is 2. The summed E-state index contributed by atoms with van der Waals surface area (Å²) in [5, 5.41) is 0. The summed E-state index contributed by atoms with van der Waals surface area (Å²) in [4.78, 5) is 33.5. The summed E-state index contributed by atoms with van der Waals surface area (Å²) >= 11 is 0. The first-order chi connectivity index (χ1) is 15.1. The van der Waals surface area contributed by atoms with Crippen molar-refractivity contribution in [3.05, 3.63) is 41.8 Å². The summed E-state index contributed by atoms with van der Waals surface area (Å²) in [5.41, 5.74) is 1.59. The third-order valence-corrected chi connectivity index (χ3v) is 6.34. The largest absolute Gasteiger partial charge is 0.447 e. The number of oxazole rings is 1. The Labute approximate surface area is 183 Å². The topological polar surface area (TPSA) is 75.9 Å². The number of piperidine rings is 1. The molecule has 2 aliphatic heterocycles. The summed E-state index contributed by atoms with van der Waals surface area (Å²) in [6.07, 6.45) is 4.80. The Morgan fingerprint density at radius 3 is 2.65 bits per heavy atom. The predicted molar refractivity (Wildman–Crippen MR) is 116 cm³/mol. The zero-order chi connectivity index (χ0) is 21.8. The van der Waals surface area contributed by atoms with Crippen LogP contribution < -0.4 is 0 Å². The number of aromatic nitrogens is 1. The fourth-order valence-corrected chi connectivity index (χ4v) is 4.53. The molecule has 2 fully saturated rings. The fourth-order valence-electron chi connectivity index (χ4n) is 4.53. The first-order valence-corrected chi connectivity index (χ1v) is 11.3. The van der Waals surface area contributed by atoms with Crippen LogP contribution in [0.25, 0.3) is 11.5 Å². The highest BCUT2D eigenvalue weighted by atomic mass is 16.6. The van der Waals surface area contributed by atoms with Gasteiger partial charge < -0.3 is 14.1 Å². The van der Waals surface area contributed by atoms with Crippen LogP contribution in [0.15, 0.2) is 34.7 Å². The molecule has 7 nitrogen and oxygen atoms in total. The van der Waals surface area contributed by atoms with E-state index in [1.807, 2.05) is 47.1 Å². The minimum atomic E-state index is -0.197. The Balaban J connectivity index is 1.34. The molecule has 0 N–H and O–H groups in total. The number of rotatable bonds is 7. The Morgan fingerprint density at radius 2 is 1.94 bits per heavy atom. The normalized spacial score (nSPS) is 19.7. The highest BCUT2D eigenvalue weighted by Gasteiger charge is 2.39. The van der Waals surface area contributed by atoms with E-state index in [-0.39, 0.29) is 30.5 Å². The average molecular weight is 426 g/mol. The molecule has 0 spiro atoms. The van der Waals surface area contributed by atoms with Crippen molar-refractivity contribution >= 4 is 12.0 Å². The van der Waals surface area contributed by atoms with Gasteiger partial charge in [-0.25, -0.2) is 9.78 Å². The molecular weight excluding hydrogens is 394 g/mol. The number of carbonyl (C=O) groups excluding carboxylic acids is 2. The lowest BCUT2D eigenvalue weighted by molar-refractivity contribution is -0.132. The van der Waals surface area contributed by atoms with E-state index < -0.39 is 0 Å². The van der Waals surface area contributed by atoms with E-state index >= 15 is 0 Å². The van der Waals surface area contributed by atoms with Gasteiger partial charge in [-0.05, 0) is 38.3 Å². The Bertz CT molecular complexity index is 903. The van der Waals surface area contributed by atoms with E-state index in [2.05, 4.69) is 11.9 Å². The van der Waals surface area contributed by atoms with E-state index in [9.17, 15) is 9.59 Å². The maximum Gasteiger partial charge on any atom is 0.410 e. The van der Waals surface area contributed by atoms with Crippen LogP contribution in [0.3, 0.4) is 0 Å². The molecule has 2 aromatic rings. The SMILES string of the molecule is CCCCC1COC(=O)N1C1CCN(C(=O)Cc2nc(-c3ccccc3)oc2C)CC1. The van der Waals surface area contributed by atoms with Crippen LogP contribution in [0.1, 0.15) is 50.5 Å². The summed E-state index contributed by atoms with van der Waals surface area (Å²) in [6.45, 7) is 5.80. The second-order valence-corrected chi connectivity index (χ2v) is 8.46. The third kappa shape index (κ3) is 4.75. The summed E-state index contributed by atoms with van der Waals surface area (Å²) in [5.74, 6) is 1.28.